The molecule has 0 fully saturated rings. The summed E-state index contributed by atoms with van der Waals surface area (Å²) in [6.07, 6.45) is 0. The van der Waals surface area contributed by atoms with Gasteiger partial charge in [-0.1, -0.05) is 29.3 Å². The third-order valence-corrected chi connectivity index (χ3v) is 6.61. The minimum Gasteiger partial charge on any atom is -0.462 e. The molecule has 9 heteroatoms. The first kappa shape index (κ1) is 24.3. The van der Waals surface area contributed by atoms with Crippen LogP contribution in [0.4, 0.5) is 11.4 Å². The van der Waals surface area contributed by atoms with Gasteiger partial charge in [0.15, 0.2) is 0 Å². The molecule has 0 saturated carbocycles. The van der Waals surface area contributed by atoms with Crippen LogP contribution in [-0.4, -0.2) is 26.9 Å². The van der Waals surface area contributed by atoms with Gasteiger partial charge in [-0.2, -0.15) is 0 Å². The summed E-state index contributed by atoms with van der Waals surface area (Å²) in [4.78, 5) is 24.2. The molecule has 172 valence electrons. The Morgan fingerprint density at radius 2 is 1.61 bits per heavy atom. The maximum absolute atomic E-state index is 13.0. The number of carbonyl (C=O) groups is 2. The molecule has 0 bridgehead atoms. The molecule has 0 radical (unpaired) electrons. The number of hydrogen-bond acceptors (Lipinski definition) is 5. The van der Waals surface area contributed by atoms with Gasteiger partial charge in [0.2, 0.25) is 0 Å². The Kier molecular flexibility index (Phi) is 7.40. The van der Waals surface area contributed by atoms with Gasteiger partial charge in [0.1, 0.15) is 4.90 Å². The van der Waals surface area contributed by atoms with Crippen molar-refractivity contribution in [3.8, 4) is 0 Å². The van der Waals surface area contributed by atoms with E-state index >= 15 is 0 Å². The number of ether oxygens (including phenoxy) is 1. The summed E-state index contributed by atoms with van der Waals surface area (Å²) in [7, 11) is -4.04. The molecule has 2 N–H and O–H groups in total. The lowest BCUT2D eigenvalue weighted by molar-refractivity contribution is 0.0526. The molecule has 0 aromatic heterocycles. The van der Waals surface area contributed by atoms with Crippen LogP contribution in [-0.2, 0) is 14.8 Å². The maximum atomic E-state index is 13.0. The van der Waals surface area contributed by atoms with Crippen LogP contribution in [0.5, 0.6) is 0 Å². The number of aryl methyl sites for hydroxylation is 2. The van der Waals surface area contributed by atoms with Crippen LogP contribution in [0.15, 0.2) is 65.6 Å². The molecule has 7 nitrogen and oxygen atoms in total. The van der Waals surface area contributed by atoms with Gasteiger partial charge in [-0.25, -0.2) is 13.2 Å². The fraction of sp³-hybridized carbons (Fsp3) is 0.167. The predicted octanol–water partition coefficient (Wildman–Crippen LogP) is 5.19. The summed E-state index contributed by atoms with van der Waals surface area (Å²) in [6.45, 7) is 5.68. The smallest absolute Gasteiger partial charge is 0.338 e. The first-order valence-electron chi connectivity index (χ1n) is 10.1. The fourth-order valence-corrected chi connectivity index (χ4v) is 4.74. The van der Waals surface area contributed by atoms with E-state index in [9.17, 15) is 18.0 Å². The number of halogens is 1. The van der Waals surface area contributed by atoms with Crippen LogP contribution < -0.4 is 10.0 Å². The molecule has 33 heavy (non-hydrogen) atoms. The highest BCUT2D eigenvalue weighted by molar-refractivity contribution is 7.92. The SMILES string of the molecule is CCOC(=O)c1ccc(NC(=O)c2ccc(Cl)c(S(=O)(=O)Nc3ccc(C)cc3C)c2)cc1. The average molecular weight is 487 g/mol. The highest BCUT2D eigenvalue weighted by Crippen LogP contribution is 2.27. The normalized spacial score (nSPS) is 11.0. The number of benzene rings is 3. The number of amides is 1. The third-order valence-electron chi connectivity index (χ3n) is 4.76. The number of hydrogen-bond donors (Lipinski definition) is 2. The summed E-state index contributed by atoms with van der Waals surface area (Å²) in [6, 6.07) is 15.5. The van der Waals surface area contributed by atoms with Crippen molar-refractivity contribution in [1.82, 2.24) is 0 Å². The van der Waals surface area contributed by atoms with E-state index in [0.717, 1.165) is 11.1 Å². The first-order chi connectivity index (χ1) is 15.6. The van der Waals surface area contributed by atoms with E-state index in [2.05, 4.69) is 10.0 Å². The van der Waals surface area contributed by atoms with E-state index in [-0.39, 0.29) is 22.1 Å². The molecular weight excluding hydrogens is 464 g/mol. The third kappa shape index (κ3) is 5.91. The van der Waals surface area contributed by atoms with Gasteiger partial charge in [0.25, 0.3) is 15.9 Å². The number of esters is 1. The van der Waals surface area contributed by atoms with Gasteiger partial charge < -0.3 is 10.1 Å². The van der Waals surface area contributed by atoms with Crippen LogP contribution >= 0.6 is 11.6 Å². The number of rotatable bonds is 7. The molecule has 0 unspecified atom stereocenters. The lowest BCUT2D eigenvalue weighted by Gasteiger charge is -2.13. The quantitative estimate of drug-likeness (QED) is 0.448. The minimum atomic E-state index is -4.04. The second kappa shape index (κ2) is 10.1. The Balaban J connectivity index is 1.81. The second-order valence-electron chi connectivity index (χ2n) is 7.32. The molecular formula is C24H23ClN2O5S. The summed E-state index contributed by atoms with van der Waals surface area (Å²) < 4.78 is 33.4. The molecule has 0 saturated heterocycles. The van der Waals surface area contributed by atoms with Crippen LogP contribution in [0.1, 0.15) is 38.8 Å². The maximum Gasteiger partial charge on any atom is 0.338 e. The molecule has 0 aliphatic heterocycles. The number of carbonyl (C=O) groups excluding carboxylic acids is 2. The molecule has 3 aromatic rings. The molecule has 0 spiro atoms. The lowest BCUT2D eigenvalue weighted by atomic mass is 10.1. The van der Waals surface area contributed by atoms with Crippen molar-refractivity contribution < 1.29 is 22.7 Å². The van der Waals surface area contributed by atoms with E-state index in [4.69, 9.17) is 16.3 Å². The zero-order valence-corrected chi connectivity index (χ0v) is 19.9. The van der Waals surface area contributed by atoms with E-state index in [1.807, 2.05) is 13.0 Å². The largest absolute Gasteiger partial charge is 0.462 e. The minimum absolute atomic E-state index is 0.0115. The van der Waals surface area contributed by atoms with E-state index in [1.165, 1.54) is 30.3 Å². The summed E-state index contributed by atoms with van der Waals surface area (Å²) in [5.41, 5.74) is 3.08. The molecule has 3 rings (SSSR count). The Bertz CT molecular complexity index is 1300. The van der Waals surface area contributed by atoms with Gasteiger partial charge in [-0.05, 0) is 74.9 Å². The second-order valence-corrected chi connectivity index (χ2v) is 9.38. The zero-order valence-electron chi connectivity index (χ0n) is 18.3. The Morgan fingerprint density at radius 3 is 2.24 bits per heavy atom. The van der Waals surface area contributed by atoms with Crippen molar-refractivity contribution in [2.75, 3.05) is 16.6 Å². The number of nitrogens with one attached hydrogen (secondary N) is 2. The summed E-state index contributed by atoms with van der Waals surface area (Å²) in [5, 5.41) is 2.66. The molecule has 0 aliphatic carbocycles. The number of anilines is 2. The van der Waals surface area contributed by atoms with Crippen LogP contribution in [0.25, 0.3) is 0 Å². The summed E-state index contributed by atoms with van der Waals surface area (Å²) >= 11 is 6.15. The Hall–Kier alpha value is -3.36. The predicted molar refractivity (Wildman–Crippen MR) is 129 cm³/mol. The zero-order chi connectivity index (χ0) is 24.2. The topological polar surface area (TPSA) is 102 Å². The number of sulfonamides is 1. The monoisotopic (exact) mass is 486 g/mol. The molecule has 3 aromatic carbocycles. The van der Waals surface area contributed by atoms with E-state index in [1.54, 1.807) is 38.1 Å². The molecule has 0 atom stereocenters. The van der Waals surface area contributed by atoms with Gasteiger partial charge in [0, 0.05) is 11.3 Å². The van der Waals surface area contributed by atoms with Crippen LogP contribution in [0, 0.1) is 13.8 Å². The van der Waals surface area contributed by atoms with Gasteiger partial charge in [0.05, 0.1) is 22.9 Å². The Morgan fingerprint density at radius 1 is 0.939 bits per heavy atom. The Labute approximate surface area is 197 Å². The summed E-state index contributed by atoms with van der Waals surface area (Å²) in [5.74, 6) is -0.988. The van der Waals surface area contributed by atoms with Crippen molar-refractivity contribution in [1.29, 1.82) is 0 Å². The van der Waals surface area contributed by atoms with Crippen molar-refractivity contribution in [3.05, 3.63) is 87.9 Å². The van der Waals surface area contributed by atoms with Crippen molar-refractivity contribution >= 4 is 44.9 Å². The molecule has 0 aliphatic rings. The highest BCUT2D eigenvalue weighted by atomic mass is 35.5. The average Bonchev–Trinajstić information content (AvgIpc) is 2.76. The van der Waals surface area contributed by atoms with Gasteiger partial charge in [-0.15, -0.1) is 0 Å². The highest BCUT2D eigenvalue weighted by Gasteiger charge is 2.21. The van der Waals surface area contributed by atoms with Crippen LogP contribution in [0.3, 0.4) is 0 Å². The van der Waals surface area contributed by atoms with Gasteiger partial charge in [-0.3, -0.25) is 9.52 Å². The standard InChI is InChI=1S/C24H23ClN2O5S/c1-4-32-24(29)17-6-9-19(10-7-17)26-23(28)18-8-11-20(25)22(14-18)33(30,31)27-21-12-5-15(2)13-16(21)3/h5-14,27H,4H2,1-3H3,(H,26,28). The van der Waals surface area contributed by atoms with Crippen molar-refractivity contribution in [3.63, 3.8) is 0 Å². The lowest BCUT2D eigenvalue weighted by Crippen LogP contribution is -2.17. The van der Waals surface area contributed by atoms with E-state index in [0.29, 0.717) is 16.9 Å². The van der Waals surface area contributed by atoms with Crippen molar-refractivity contribution in [2.24, 2.45) is 0 Å². The molecule has 0 heterocycles. The van der Waals surface area contributed by atoms with Crippen LogP contribution in [0.2, 0.25) is 5.02 Å². The van der Waals surface area contributed by atoms with Gasteiger partial charge >= 0.3 is 5.97 Å². The first-order valence-corrected chi connectivity index (χ1v) is 11.9. The molecule has 1 amide bonds. The van der Waals surface area contributed by atoms with E-state index < -0.39 is 21.9 Å². The fourth-order valence-electron chi connectivity index (χ4n) is 3.09. The van der Waals surface area contributed by atoms with Crippen molar-refractivity contribution in [2.45, 2.75) is 25.7 Å².